The van der Waals surface area contributed by atoms with Crippen LogP contribution in [0.2, 0.25) is 0 Å². The van der Waals surface area contributed by atoms with Crippen molar-refractivity contribution in [1.29, 1.82) is 0 Å². The van der Waals surface area contributed by atoms with E-state index in [0.29, 0.717) is 0 Å². The van der Waals surface area contributed by atoms with E-state index in [2.05, 4.69) is 13.2 Å². The van der Waals surface area contributed by atoms with Crippen molar-refractivity contribution < 1.29 is 58.5 Å². The third-order valence-corrected chi connectivity index (χ3v) is 3.43. The SMILES string of the molecule is C=C(C)C(=O)OCCC(CC)(CCOC(=O)C(=C)C)C(=O)[O-].[Na+]. The number of rotatable bonds is 10. The van der Waals surface area contributed by atoms with Crippen molar-refractivity contribution in [2.24, 2.45) is 5.41 Å². The van der Waals surface area contributed by atoms with Crippen LogP contribution in [0.25, 0.3) is 0 Å². The summed E-state index contributed by atoms with van der Waals surface area (Å²) in [4.78, 5) is 34.0. The minimum Gasteiger partial charge on any atom is -0.550 e. The number of carboxylic acids is 1. The van der Waals surface area contributed by atoms with Crippen LogP contribution in [0.1, 0.15) is 40.0 Å². The normalized spacial score (nSPS) is 10.2. The maximum absolute atomic E-state index is 11.4. The zero-order valence-corrected chi connectivity index (χ0v) is 16.4. The zero-order chi connectivity index (χ0) is 17.3. The maximum atomic E-state index is 11.4. The minimum absolute atomic E-state index is 0. The molecule has 124 valence electrons. The monoisotopic (exact) mass is 334 g/mol. The Morgan fingerprint density at radius 3 is 1.52 bits per heavy atom. The quantitative estimate of drug-likeness (QED) is 0.265. The van der Waals surface area contributed by atoms with E-state index in [9.17, 15) is 19.5 Å². The van der Waals surface area contributed by atoms with E-state index < -0.39 is 23.3 Å². The van der Waals surface area contributed by atoms with Gasteiger partial charge < -0.3 is 19.4 Å². The molecule has 0 aromatic carbocycles. The molecular formula is C16H23NaO6. The third-order valence-electron chi connectivity index (χ3n) is 3.43. The molecule has 0 amide bonds. The summed E-state index contributed by atoms with van der Waals surface area (Å²) in [6, 6.07) is 0. The summed E-state index contributed by atoms with van der Waals surface area (Å²) in [6.45, 7) is 11.5. The topological polar surface area (TPSA) is 92.7 Å². The molecular weight excluding hydrogens is 311 g/mol. The molecule has 7 heteroatoms. The summed E-state index contributed by atoms with van der Waals surface area (Å²) in [5.74, 6) is -2.40. The number of hydrogen-bond donors (Lipinski definition) is 0. The Morgan fingerprint density at radius 2 is 1.30 bits per heavy atom. The molecule has 0 aliphatic rings. The van der Waals surface area contributed by atoms with Gasteiger partial charge in [0.1, 0.15) is 0 Å². The Morgan fingerprint density at radius 1 is 0.957 bits per heavy atom. The van der Waals surface area contributed by atoms with Crippen molar-refractivity contribution in [2.75, 3.05) is 13.2 Å². The molecule has 0 saturated heterocycles. The summed E-state index contributed by atoms with van der Waals surface area (Å²) in [5.41, 5.74) is -0.734. The van der Waals surface area contributed by atoms with Crippen LogP contribution in [-0.2, 0) is 23.9 Å². The first-order valence-corrected chi connectivity index (χ1v) is 7.03. The largest absolute Gasteiger partial charge is 1.00 e. The molecule has 0 N–H and O–H groups in total. The van der Waals surface area contributed by atoms with Gasteiger partial charge in [0.15, 0.2) is 0 Å². The van der Waals surface area contributed by atoms with E-state index in [1.54, 1.807) is 6.92 Å². The van der Waals surface area contributed by atoms with E-state index in [4.69, 9.17) is 9.47 Å². The van der Waals surface area contributed by atoms with Crippen LogP contribution in [0.3, 0.4) is 0 Å². The fourth-order valence-electron chi connectivity index (χ4n) is 1.75. The van der Waals surface area contributed by atoms with Crippen molar-refractivity contribution in [3.05, 3.63) is 24.3 Å². The Kier molecular flexibility index (Phi) is 12.0. The van der Waals surface area contributed by atoms with Crippen molar-refractivity contribution >= 4 is 17.9 Å². The van der Waals surface area contributed by atoms with Gasteiger partial charge in [0.2, 0.25) is 0 Å². The van der Waals surface area contributed by atoms with Gasteiger partial charge in [0.05, 0.1) is 13.2 Å². The molecule has 6 nitrogen and oxygen atoms in total. The van der Waals surface area contributed by atoms with Gasteiger partial charge in [-0.05, 0) is 33.1 Å². The van der Waals surface area contributed by atoms with Crippen LogP contribution in [0.15, 0.2) is 24.3 Å². The Balaban J connectivity index is 0. The van der Waals surface area contributed by atoms with Gasteiger partial charge in [-0.2, -0.15) is 0 Å². The third kappa shape index (κ3) is 8.34. The number of carboxylic acid groups (broad SMARTS) is 1. The molecule has 0 rings (SSSR count). The fraction of sp³-hybridized carbons (Fsp3) is 0.562. The first kappa shape index (κ1) is 24.1. The molecule has 0 aliphatic carbocycles. The smallest absolute Gasteiger partial charge is 0.550 e. The summed E-state index contributed by atoms with van der Waals surface area (Å²) in [7, 11) is 0. The van der Waals surface area contributed by atoms with Crippen molar-refractivity contribution in [3.63, 3.8) is 0 Å². The van der Waals surface area contributed by atoms with Crippen molar-refractivity contribution in [1.82, 2.24) is 0 Å². The standard InChI is InChI=1S/C16H24O6.Na/c1-6-16(15(19)20,7-9-21-13(17)11(2)3)8-10-22-14(18)12(4)5;/h2,4,6-10H2,1,3,5H3,(H,19,20);/q;+1/p-1. The average Bonchev–Trinajstić information content (AvgIpc) is 2.44. The molecule has 0 saturated carbocycles. The van der Waals surface area contributed by atoms with Crippen LogP contribution >= 0.6 is 0 Å². The molecule has 0 unspecified atom stereocenters. The van der Waals surface area contributed by atoms with Gasteiger partial charge in [0, 0.05) is 22.5 Å². The predicted molar refractivity (Wildman–Crippen MR) is 78.5 cm³/mol. The minimum atomic E-state index is -1.26. The van der Waals surface area contributed by atoms with Gasteiger partial charge in [-0.3, -0.25) is 0 Å². The number of carbonyl (C=O) groups excluding carboxylic acids is 3. The van der Waals surface area contributed by atoms with Gasteiger partial charge in [-0.25, -0.2) is 9.59 Å². The van der Waals surface area contributed by atoms with E-state index in [1.807, 2.05) is 0 Å². The van der Waals surface area contributed by atoms with E-state index in [-0.39, 0.29) is 73.2 Å². The summed E-state index contributed by atoms with van der Waals surface area (Å²) >= 11 is 0. The summed E-state index contributed by atoms with van der Waals surface area (Å²) in [6.07, 6.45) is 0.426. The van der Waals surface area contributed by atoms with Gasteiger partial charge in [-0.15, -0.1) is 0 Å². The van der Waals surface area contributed by atoms with Gasteiger partial charge in [0.25, 0.3) is 0 Å². The van der Waals surface area contributed by atoms with Gasteiger partial charge in [-0.1, -0.05) is 20.1 Å². The first-order valence-electron chi connectivity index (χ1n) is 7.03. The van der Waals surface area contributed by atoms with Crippen LogP contribution in [0, 0.1) is 5.41 Å². The molecule has 0 aromatic heterocycles. The number of ether oxygens (including phenoxy) is 2. The molecule has 0 aromatic rings. The number of esters is 2. The Bertz CT molecular complexity index is 437. The second kappa shape index (κ2) is 11.4. The average molecular weight is 334 g/mol. The van der Waals surface area contributed by atoms with Crippen LogP contribution in [-0.4, -0.2) is 31.1 Å². The summed E-state index contributed by atoms with van der Waals surface area (Å²) < 4.78 is 9.85. The van der Waals surface area contributed by atoms with Crippen molar-refractivity contribution in [2.45, 2.75) is 40.0 Å². The molecule has 0 spiro atoms. The molecule has 0 radical (unpaired) electrons. The number of hydrogen-bond acceptors (Lipinski definition) is 6. The molecule has 23 heavy (non-hydrogen) atoms. The first-order chi connectivity index (χ1) is 10.2. The van der Waals surface area contributed by atoms with Crippen molar-refractivity contribution in [3.8, 4) is 0 Å². The number of carbonyl (C=O) groups is 3. The Hall–Kier alpha value is -1.11. The molecule has 0 aliphatic heterocycles. The van der Waals surface area contributed by atoms with E-state index in [0.717, 1.165) is 0 Å². The Labute approximate surface area is 159 Å². The van der Waals surface area contributed by atoms with Crippen LogP contribution in [0.5, 0.6) is 0 Å². The molecule has 0 bridgehead atoms. The zero-order valence-electron chi connectivity index (χ0n) is 14.4. The number of aliphatic carboxylic acids is 1. The molecule has 0 atom stereocenters. The second-order valence-electron chi connectivity index (χ2n) is 5.25. The van der Waals surface area contributed by atoms with Crippen LogP contribution in [0.4, 0.5) is 0 Å². The van der Waals surface area contributed by atoms with E-state index >= 15 is 0 Å². The van der Waals surface area contributed by atoms with Gasteiger partial charge >= 0.3 is 41.5 Å². The van der Waals surface area contributed by atoms with E-state index in [1.165, 1.54) is 13.8 Å². The van der Waals surface area contributed by atoms with Crippen LogP contribution < -0.4 is 34.7 Å². The maximum Gasteiger partial charge on any atom is 1.00 e. The second-order valence-corrected chi connectivity index (χ2v) is 5.25. The predicted octanol–water partition coefficient (Wildman–Crippen LogP) is -1.84. The summed E-state index contributed by atoms with van der Waals surface area (Å²) in [5, 5.41) is 11.4. The molecule has 0 heterocycles. The fourth-order valence-corrected chi connectivity index (χ4v) is 1.75. The molecule has 0 fully saturated rings.